The van der Waals surface area contributed by atoms with Gasteiger partial charge in [0.2, 0.25) is 0 Å². The normalized spacial score (nSPS) is 26.9. The average molecular weight is 549 g/mol. The van der Waals surface area contributed by atoms with Crippen LogP contribution in [-0.4, -0.2) is 17.4 Å². The van der Waals surface area contributed by atoms with E-state index in [9.17, 15) is 0 Å². The summed E-state index contributed by atoms with van der Waals surface area (Å²) in [7, 11) is 0. The third-order valence-electron chi connectivity index (χ3n) is 5.38. The number of benzene rings is 2. The van der Waals surface area contributed by atoms with Crippen LogP contribution in [0.3, 0.4) is 0 Å². The summed E-state index contributed by atoms with van der Waals surface area (Å²) in [6.45, 7) is 4.34. The lowest BCUT2D eigenvalue weighted by Gasteiger charge is -2.31. The second-order valence-corrected chi connectivity index (χ2v) is 8.80. The van der Waals surface area contributed by atoms with Crippen molar-refractivity contribution >= 4 is 50.3 Å². The van der Waals surface area contributed by atoms with Crippen molar-refractivity contribution in [2.75, 3.05) is 4.90 Å². The van der Waals surface area contributed by atoms with Gasteiger partial charge in [-0.1, -0.05) is 64.5 Å². The molecule has 3 nitrogen and oxygen atoms in total. The lowest BCUT2D eigenvalue weighted by Crippen LogP contribution is -2.35. The smallest absolute Gasteiger partial charge is 0.148 e. The molecule has 0 saturated heterocycles. The van der Waals surface area contributed by atoms with E-state index in [1.165, 1.54) is 16.8 Å². The first-order chi connectivity index (χ1) is 13.5. The van der Waals surface area contributed by atoms with Crippen LogP contribution in [0.2, 0.25) is 0 Å². The molecule has 0 amide bonds. The van der Waals surface area contributed by atoms with E-state index < -0.39 is 0 Å². The maximum atomic E-state index is 5.59. The first-order valence-corrected chi connectivity index (χ1v) is 11.0. The van der Waals surface area contributed by atoms with E-state index >= 15 is 0 Å². The molecule has 0 spiro atoms. The number of allylic oxidation sites excluding steroid dienone is 1. The molecule has 28 heavy (non-hydrogen) atoms. The van der Waals surface area contributed by atoms with Gasteiger partial charge in [0, 0.05) is 10.2 Å². The molecule has 2 aromatic rings. The van der Waals surface area contributed by atoms with E-state index in [0.29, 0.717) is 0 Å². The van der Waals surface area contributed by atoms with E-state index in [2.05, 4.69) is 101 Å². The van der Waals surface area contributed by atoms with Gasteiger partial charge in [0.25, 0.3) is 0 Å². The van der Waals surface area contributed by atoms with Gasteiger partial charge in [0.1, 0.15) is 29.2 Å². The molecule has 0 fully saturated rings. The summed E-state index contributed by atoms with van der Waals surface area (Å²) in [4.78, 5) is 7.58. The lowest BCUT2D eigenvalue weighted by atomic mass is 9.90. The van der Waals surface area contributed by atoms with Crippen molar-refractivity contribution in [1.82, 2.24) is 0 Å². The molecule has 1 aliphatic carbocycles. The monoisotopic (exact) mass is 548 g/mol. The minimum Gasteiger partial charge on any atom is -0.337 e. The Hall–Kier alpha value is -1.44. The van der Waals surface area contributed by atoms with Crippen LogP contribution in [0.15, 0.2) is 87.9 Å². The van der Waals surface area contributed by atoms with Crippen LogP contribution in [0.1, 0.15) is 32.0 Å². The van der Waals surface area contributed by atoms with Crippen LogP contribution in [0.4, 0.5) is 5.69 Å². The number of rotatable bonds is 4. The van der Waals surface area contributed by atoms with Crippen molar-refractivity contribution < 1.29 is 3.07 Å². The molecule has 5 heteroatoms. The van der Waals surface area contributed by atoms with Crippen LogP contribution in [0, 0.1) is 0 Å². The van der Waals surface area contributed by atoms with E-state index in [-0.39, 0.29) is 17.8 Å². The minimum atomic E-state index is -0.239. The van der Waals surface area contributed by atoms with E-state index in [0.717, 1.165) is 16.6 Å². The fourth-order valence-electron chi connectivity index (χ4n) is 3.76. The van der Waals surface area contributed by atoms with Gasteiger partial charge in [-0.15, -0.1) is 0 Å². The van der Waals surface area contributed by atoms with Crippen LogP contribution >= 0.6 is 38.9 Å². The summed E-state index contributed by atoms with van der Waals surface area (Å²) in [5, 5.41) is 0. The van der Waals surface area contributed by atoms with Crippen molar-refractivity contribution in [1.29, 1.82) is 0 Å². The molecular formula is C23H22BrIN2O. The highest BCUT2D eigenvalue weighted by atomic mass is 127. The second-order valence-electron chi connectivity index (χ2n) is 7.45. The maximum Gasteiger partial charge on any atom is 0.148 e. The van der Waals surface area contributed by atoms with E-state index in [1.54, 1.807) is 0 Å². The molecule has 1 aliphatic heterocycles. The minimum absolute atomic E-state index is 0.0317. The van der Waals surface area contributed by atoms with Crippen molar-refractivity contribution in [3.8, 4) is 0 Å². The predicted molar refractivity (Wildman–Crippen MR) is 128 cm³/mol. The molecule has 3 atom stereocenters. The van der Waals surface area contributed by atoms with Gasteiger partial charge in [0.15, 0.2) is 0 Å². The van der Waals surface area contributed by atoms with Crippen LogP contribution in [0.5, 0.6) is 0 Å². The fraction of sp³-hybridized carbons (Fsp3) is 0.261. The van der Waals surface area contributed by atoms with Gasteiger partial charge in [-0.3, -0.25) is 4.99 Å². The van der Waals surface area contributed by atoms with Gasteiger partial charge < -0.3 is 7.97 Å². The first kappa shape index (κ1) is 19.9. The van der Waals surface area contributed by atoms with Crippen LogP contribution in [0.25, 0.3) is 0 Å². The topological polar surface area (TPSA) is 24.8 Å². The van der Waals surface area contributed by atoms with E-state index in [4.69, 9.17) is 8.06 Å². The van der Waals surface area contributed by atoms with Crippen molar-refractivity contribution in [3.63, 3.8) is 0 Å². The highest BCUT2D eigenvalue weighted by molar-refractivity contribution is 14.1. The summed E-state index contributed by atoms with van der Waals surface area (Å²) in [6.07, 6.45) is 7.37. The van der Waals surface area contributed by atoms with Gasteiger partial charge in [-0.25, -0.2) is 0 Å². The molecular weight excluding hydrogens is 527 g/mol. The molecule has 2 aromatic carbocycles. The predicted octanol–water partition coefficient (Wildman–Crippen LogP) is 6.81. The first-order valence-electron chi connectivity index (χ1n) is 9.37. The number of nitrogens with zero attached hydrogens (tertiary/aromatic N) is 2. The summed E-state index contributed by atoms with van der Waals surface area (Å²) in [6, 6.07) is 19.2. The van der Waals surface area contributed by atoms with Crippen molar-refractivity contribution in [3.05, 3.63) is 88.4 Å². The number of hydrogen-bond donors (Lipinski definition) is 0. The van der Waals surface area contributed by atoms with Crippen molar-refractivity contribution in [2.24, 2.45) is 4.99 Å². The van der Waals surface area contributed by atoms with Crippen LogP contribution in [-0.2, 0) is 3.07 Å². The van der Waals surface area contributed by atoms with Gasteiger partial charge in [-0.2, -0.15) is 0 Å². The van der Waals surface area contributed by atoms with Crippen LogP contribution < -0.4 is 4.90 Å². The van der Waals surface area contributed by atoms with E-state index in [1.807, 2.05) is 29.1 Å². The Bertz CT molecular complexity index is 939. The number of anilines is 1. The highest BCUT2D eigenvalue weighted by Crippen LogP contribution is 2.39. The summed E-state index contributed by atoms with van der Waals surface area (Å²) < 4.78 is 6.67. The number of hydrogen-bond acceptors (Lipinski definition) is 3. The Morgan fingerprint density at radius 2 is 1.86 bits per heavy atom. The Morgan fingerprint density at radius 1 is 1.14 bits per heavy atom. The standard InChI is InChI=1S/C23H22BrIN2O/c1-16-21(17-12-14-23(2,28-25)15-13-17)26-22(18-6-4-3-5-7-18)27(16)20-10-8-19(24)9-11-20/h3-14,16,22H,15H2,1-2H3. The third-order valence-corrected chi connectivity index (χ3v) is 6.91. The molecule has 0 bridgehead atoms. The summed E-state index contributed by atoms with van der Waals surface area (Å²) >= 11 is 5.53. The summed E-state index contributed by atoms with van der Waals surface area (Å²) in [5.74, 6) is 0. The second kappa shape index (κ2) is 8.13. The van der Waals surface area contributed by atoms with Crippen molar-refractivity contribution in [2.45, 2.75) is 38.1 Å². The molecule has 0 N–H and O–H groups in total. The molecule has 4 rings (SSSR count). The number of aliphatic imine (C=N–C) groups is 1. The fourth-order valence-corrected chi connectivity index (χ4v) is 4.35. The Balaban J connectivity index is 1.72. The molecule has 144 valence electrons. The molecule has 0 radical (unpaired) electrons. The molecule has 0 aromatic heterocycles. The largest absolute Gasteiger partial charge is 0.337 e. The van der Waals surface area contributed by atoms with Gasteiger partial charge in [0.05, 0.1) is 17.4 Å². The summed E-state index contributed by atoms with van der Waals surface area (Å²) in [5.41, 5.74) is 4.45. The highest BCUT2D eigenvalue weighted by Gasteiger charge is 2.36. The maximum absolute atomic E-state index is 5.59. The SMILES string of the molecule is CC1C(C2=CCC(C)(OI)C=C2)=NC(c2ccccc2)N1c1ccc(Br)cc1. The number of halogens is 2. The zero-order valence-corrected chi connectivity index (χ0v) is 19.6. The average Bonchev–Trinajstić information content (AvgIpc) is 3.07. The Kier molecular flexibility index (Phi) is 5.76. The molecule has 3 unspecified atom stereocenters. The van der Waals surface area contributed by atoms with Gasteiger partial charge in [-0.05, 0) is 55.7 Å². The molecule has 0 saturated carbocycles. The van der Waals surface area contributed by atoms with Gasteiger partial charge >= 0.3 is 0 Å². The zero-order chi connectivity index (χ0) is 19.7. The quantitative estimate of drug-likeness (QED) is 0.392. The Labute approximate surface area is 189 Å². The molecule has 1 heterocycles. The zero-order valence-electron chi connectivity index (χ0n) is 15.8. The lowest BCUT2D eigenvalue weighted by molar-refractivity contribution is 0.213. The Morgan fingerprint density at radius 3 is 2.46 bits per heavy atom. The third kappa shape index (κ3) is 3.84. The molecule has 2 aliphatic rings.